The molecule has 114 valence electrons. The zero-order chi connectivity index (χ0) is 15.8. The van der Waals surface area contributed by atoms with E-state index in [1.165, 1.54) is 0 Å². The molecule has 0 aliphatic rings. The van der Waals surface area contributed by atoms with Crippen molar-refractivity contribution in [3.63, 3.8) is 0 Å². The third-order valence-electron chi connectivity index (χ3n) is 2.68. The molecular formula is C16H15BrN2O3. The number of nitrogens with zero attached hydrogens (tertiary/aromatic N) is 1. The van der Waals surface area contributed by atoms with Gasteiger partial charge in [0.15, 0.2) is 6.61 Å². The summed E-state index contributed by atoms with van der Waals surface area (Å²) in [4.78, 5) is 11.6. The highest BCUT2D eigenvalue weighted by atomic mass is 79.9. The molecule has 0 saturated carbocycles. The van der Waals surface area contributed by atoms with Gasteiger partial charge in [0.2, 0.25) is 0 Å². The minimum Gasteiger partial charge on any atom is -0.497 e. The Balaban J connectivity index is 1.78. The first kappa shape index (κ1) is 16.0. The van der Waals surface area contributed by atoms with Crippen molar-refractivity contribution in [2.24, 2.45) is 5.10 Å². The van der Waals surface area contributed by atoms with Crippen LogP contribution in [0.3, 0.4) is 0 Å². The molecule has 0 aromatic heterocycles. The number of hydrogen-bond donors (Lipinski definition) is 1. The number of halogens is 1. The van der Waals surface area contributed by atoms with Crippen LogP contribution in [-0.2, 0) is 4.79 Å². The van der Waals surface area contributed by atoms with Crippen LogP contribution in [0.1, 0.15) is 5.56 Å². The van der Waals surface area contributed by atoms with Gasteiger partial charge < -0.3 is 9.47 Å². The molecule has 0 atom stereocenters. The van der Waals surface area contributed by atoms with Gasteiger partial charge in [-0.05, 0) is 48.0 Å². The summed E-state index contributed by atoms with van der Waals surface area (Å²) < 4.78 is 11.3. The number of hydrazone groups is 1. The first-order valence-corrected chi connectivity index (χ1v) is 7.31. The van der Waals surface area contributed by atoms with E-state index in [-0.39, 0.29) is 12.5 Å². The van der Waals surface area contributed by atoms with E-state index in [2.05, 4.69) is 26.5 Å². The van der Waals surface area contributed by atoms with E-state index in [4.69, 9.17) is 9.47 Å². The summed E-state index contributed by atoms with van der Waals surface area (Å²) >= 11 is 3.33. The number of nitrogens with one attached hydrogen (secondary N) is 1. The third kappa shape index (κ3) is 5.21. The maximum atomic E-state index is 11.6. The predicted molar refractivity (Wildman–Crippen MR) is 88.4 cm³/mol. The Labute approximate surface area is 137 Å². The standard InChI is InChI=1S/C16H15BrN2O3/c1-21-14-7-5-12(6-8-14)10-18-19-16(20)11-22-15-4-2-3-13(17)9-15/h2-10H,11H2,1H3,(H,19,20). The van der Waals surface area contributed by atoms with Crippen molar-refractivity contribution >= 4 is 28.1 Å². The molecule has 0 saturated heterocycles. The van der Waals surface area contributed by atoms with Gasteiger partial charge in [-0.2, -0.15) is 5.10 Å². The van der Waals surface area contributed by atoms with Crippen molar-refractivity contribution in [2.45, 2.75) is 0 Å². The number of methoxy groups -OCH3 is 1. The Hall–Kier alpha value is -2.34. The van der Waals surface area contributed by atoms with Crippen molar-refractivity contribution < 1.29 is 14.3 Å². The molecule has 0 spiro atoms. The fraction of sp³-hybridized carbons (Fsp3) is 0.125. The highest BCUT2D eigenvalue weighted by molar-refractivity contribution is 9.10. The minimum absolute atomic E-state index is 0.101. The number of carbonyl (C=O) groups excluding carboxylic acids is 1. The van der Waals surface area contributed by atoms with E-state index >= 15 is 0 Å². The Kier molecular flexibility index (Phi) is 5.97. The Morgan fingerprint density at radius 1 is 1.23 bits per heavy atom. The molecule has 0 aliphatic carbocycles. The summed E-state index contributed by atoms with van der Waals surface area (Å²) in [5.41, 5.74) is 3.26. The van der Waals surface area contributed by atoms with Crippen LogP contribution < -0.4 is 14.9 Å². The normalized spacial score (nSPS) is 10.5. The Morgan fingerprint density at radius 2 is 2.00 bits per heavy atom. The van der Waals surface area contributed by atoms with E-state index in [1.807, 2.05) is 36.4 Å². The maximum absolute atomic E-state index is 11.6. The molecule has 0 radical (unpaired) electrons. The zero-order valence-electron chi connectivity index (χ0n) is 12.0. The van der Waals surface area contributed by atoms with Crippen molar-refractivity contribution in [3.8, 4) is 11.5 Å². The van der Waals surface area contributed by atoms with E-state index in [1.54, 1.807) is 25.5 Å². The highest BCUT2D eigenvalue weighted by Crippen LogP contribution is 2.17. The largest absolute Gasteiger partial charge is 0.497 e. The molecule has 2 rings (SSSR count). The molecule has 0 fully saturated rings. The van der Waals surface area contributed by atoms with Crippen LogP contribution in [-0.4, -0.2) is 25.8 Å². The average molecular weight is 363 g/mol. The van der Waals surface area contributed by atoms with Crippen LogP contribution in [0.5, 0.6) is 11.5 Å². The highest BCUT2D eigenvalue weighted by Gasteiger charge is 2.01. The lowest BCUT2D eigenvalue weighted by Gasteiger charge is -2.05. The number of amides is 1. The molecule has 1 N–H and O–H groups in total. The fourth-order valence-electron chi connectivity index (χ4n) is 1.61. The molecule has 0 bridgehead atoms. The summed E-state index contributed by atoms with van der Waals surface area (Å²) in [5.74, 6) is 1.05. The maximum Gasteiger partial charge on any atom is 0.277 e. The molecule has 0 heterocycles. The molecular weight excluding hydrogens is 348 g/mol. The predicted octanol–water partition coefficient (Wildman–Crippen LogP) is 2.99. The van der Waals surface area contributed by atoms with Crippen molar-refractivity contribution in [2.75, 3.05) is 13.7 Å². The van der Waals surface area contributed by atoms with Gasteiger partial charge in [0.1, 0.15) is 11.5 Å². The topological polar surface area (TPSA) is 59.9 Å². The molecule has 6 heteroatoms. The van der Waals surface area contributed by atoms with E-state index < -0.39 is 0 Å². The van der Waals surface area contributed by atoms with E-state index in [0.29, 0.717) is 5.75 Å². The Bertz CT molecular complexity index is 657. The van der Waals surface area contributed by atoms with Crippen LogP contribution in [0, 0.1) is 0 Å². The monoisotopic (exact) mass is 362 g/mol. The number of benzene rings is 2. The SMILES string of the molecule is COc1ccc(C=NNC(=O)COc2cccc(Br)c2)cc1. The van der Waals surface area contributed by atoms with Crippen molar-refractivity contribution in [1.82, 2.24) is 5.43 Å². The molecule has 0 unspecified atom stereocenters. The van der Waals surface area contributed by atoms with Gasteiger partial charge in [0.05, 0.1) is 13.3 Å². The first-order chi connectivity index (χ1) is 10.7. The smallest absolute Gasteiger partial charge is 0.277 e. The van der Waals surface area contributed by atoms with Crippen LogP contribution in [0.2, 0.25) is 0 Å². The molecule has 1 amide bonds. The van der Waals surface area contributed by atoms with Gasteiger partial charge >= 0.3 is 0 Å². The van der Waals surface area contributed by atoms with Gasteiger partial charge in [-0.3, -0.25) is 4.79 Å². The second-order valence-electron chi connectivity index (χ2n) is 4.31. The van der Waals surface area contributed by atoms with E-state index in [9.17, 15) is 4.79 Å². The fourth-order valence-corrected chi connectivity index (χ4v) is 1.98. The molecule has 0 aliphatic heterocycles. The van der Waals surface area contributed by atoms with Crippen LogP contribution >= 0.6 is 15.9 Å². The van der Waals surface area contributed by atoms with Gasteiger partial charge in [-0.1, -0.05) is 22.0 Å². The first-order valence-electron chi connectivity index (χ1n) is 6.52. The molecule has 22 heavy (non-hydrogen) atoms. The Morgan fingerprint density at radius 3 is 2.68 bits per heavy atom. The zero-order valence-corrected chi connectivity index (χ0v) is 13.5. The lowest BCUT2D eigenvalue weighted by molar-refractivity contribution is -0.123. The second-order valence-corrected chi connectivity index (χ2v) is 5.23. The number of ether oxygens (including phenoxy) is 2. The minimum atomic E-state index is -0.329. The summed E-state index contributed by atoms with van der Waals surface area (Å²) in [7, 11) is 1.61. The quantitative estimate of drug-likeness (QED) is 0.634. The van der Waals surface area contributed by atoms with Gasteiger partial charge in [-0.25, -0.2) is 5.43 Å². The number of carbonyl (C=O) groups is 1. The average Bonchev–Trinajstić information content (AvgIpc) is 2.54. The van der Waals surface area contributed by atoms with Gasteiger partial charge in [0.25, 0.3) is 5.91 Å². The van der Waals surface area contributed by atoms with Gasteiger partial charge in [-0.15, -0.1) is 0 Å². The van der Waals surface area contributed by atoms with Crippen LogP contribution in [0.4, 0.5) is 0 Å². The van der Waals surface area contributed by atoms with Crippen molar-refractivity contribution in [3.05, 3.63) is 58.6 Å². The summed E-state index contributed by atoms with van der Waals surface area (Å²) in [6.07, 6.45) is 1.55. The van der Waals surface area contributed by atoms with Crippen LogP contribution in [0.25, 0.3) is 0 Å². The third-order valence-corrected chi connectivity index (χ3v) is 3.18. The summed E-state index contributed by atoms with van der Waals surface area (Å²) in [5, 5.41) is 3.87. The summed E-state index contributed by atoms with van der Waals surface area (Å²) in [6.45, 7) is -0.101. The summed E-state index contributed by atoms with van der Waals surface area (Å²) in [6, 6.07) is 14.6. The lowest BCUT2D eigenvalue weighted by Crippen LogP contribution is -2.24. The number of rotatable bonds is 6. The van der Waals surface area contributed by atoms with Crippen molar-refractivity contribution in [1.29, 1.82) is 0 Å². The molecule has 2 aromatic rings. The lowest BCUT2D eigenvalue weighted by atomic mass is 10.2. The van der Waals surface area contributed by atoms with E-state index in [0.717, 1.165) is 15.8 Å². The second kappa shape index (κ2) is 8.19. The number of hydrogen-bond acceptors (Lipinski definition) is 4. The van der Waals surface area contributed by atoms with Gasteiger partial charge in [0, 0.05) is 4.47 Å². The molecule has 5 nitrogen and oxygen atoms in total. The molecule has 2 aromatic carbocycles. The van der Waals surface area contributed by atoms with Crippen LogP contribution in [0.15, 0.2) is 58.1 Å².